The maximum absolute atomic E-state index is 11.8. The van der Waals surface area contributed by atoms with Gasteiger partial charge < -0.3 is 15.4 Å². The lowest BCUT2D eigenvalue weighted by atomic mass is 10.1. The van der Waals surface area contributed by atoms with Crippen LogP contribution >= 0.6 is 11.6 Å². The molecule has 2 N–H and O–H groups in total. The molecule has 4 nitrogen and oxygen atoms in total. The van der Waals surface area contributed by atoms with Crippen LogP contribution < -0.4 is 10.5 Å². The van der Waals surface area contributed by atoms with Gasteiger partial charge in [0.1, 0.15) is 5.75 Å². The van der Waals surface area contributed by atoms with Gasteiger partial charge in [0, 0.05) is 19.1 Å². The molecular weight excluding hydrogens is 264 g/mol. The molecule has 1 aromatic rings. The fourth-order valence-electron chi connectivity index (χ4n) is 2.11. The summed E-state index contributed by atoms with van der Waals surface area (Å²) in [6.07, 6.45) is 2.16. The highest BCUT2D eigenvalue weighted by Gasteiger charge is 2.18. The highest BCUT2D eigenvalue weighted by Crippen LogP contribution is 2.27. The Balaban J connectivity index is 1.94. The minimum absolute atomic E-state index is 0.0184. The molecule has 0 aromatic heterocycles. The van der Waals surface area contributed by atoms with Crippen LogP contribution in [0, 0.1) is 0 Å². The van der Waals surface area contributed by atoms with Crippen molar-refractivity contribution in [2.45, 2.75) is 25.8 Å². The van der Waals surface area contributed by atoms with Gasteiger partial charge >= 0.3 is 0 Å². The summed E-state index contributed by atoms with van der Waals surface area (Å²) in [5.74, 6) is 0.545. The first-order chi connectivity index (χ1) is 9.08. The molecule has 0 bridgehead atoms. The van der Waals surface area contributed by atoms with E-state index in [0.29, 0.717) is 10.8 Å². The van der Waals surface area contributed by atoms with Gasteiger partial charge in [-0.1, -0.05) is 17.7 Å². The third kappa shape index (κ3) is 3.61. The van der Waals surface area contributed by atoms with Gasteiger partial charge in [-0.3, -0.25) is 4.79 Å². The van der Waals surface area contributed by atoms with Crippen molar-refractivity contribution >= 4 is 17.5 Å². The van der Waals surface area contributed by atoms with Gasteiger partial charge in [0.2, 0.25) is 0 Å². The molecule has 2 rings (SSSR count). The van der Waals surface area contributed by atoms with E-state index in [1.54, 1.807) is 12.1 Å². The number of hydrogen-bond donors (Lipinski definition) is 1. The molecule has 19 heavy (non-hydrogen) atoms. The second-order valence-electron chi connectivity index (χ2n) is 4.86. The molecule has 1 atom stereocenters. The lowest BCUT2D eigenvalue weighted by Crippen LogP contribution is -2.32. The van der Waals surface area contributed by atoms with Gasteiger partial charge in [0.05, 0.1) is 5.02 Å². The molecule has 0 spiro atoms. The standard InChI is InChI=1S/C14H19ClN2O2/c1-10(16)11-4-5-13(12(15)8-11)19-9-14(18)17-6-2-3-7-17/h4-5,8,10H,2-3,6-7,9,16H2,1H3. The topological polar surface area (TPSA) is 55.6 Å². The number of carbonyl (C=O) groups excluding carboxylic acids is 1. The largest absolute Gasteiger partial charge is 0.482 e. The number of carbonyl (C=O) groups is 1. The zero-order valence-electron chi connectivity index (χ0n) is 11.1. The van der Waals surface area contributed by atoms with Gasteiger partial charge in [-0.25, -0.2) is 0 Å². The second kappa shape index (κ2) is 6.26. The van der Waals surface area contributed by atoms with Crippen molar-refractivity contribution in [1.82, 2.24) is 4.90 Å². The normalized spacial score (nSPS) is 16.5. The van der Waals surface area contributed by atoms with E-state index in [1.807, 2.05) is 17.9 Å². The van der Waals surface area contributed by atoms with Gasteiger partial charge in [0.15, 0.2) is 6.61 Å². The molecule has 0 aliphatic carbocycles. The Morgan fingerprint density at radius 2 is 2.16 bits per heavy atom. The minimum atomic E-state index is -0.0715. The molecule has 0 radical (unpaired) electrons. The zero-order chi connectivity index (χ0) is 13.8. The van der Waals surface area contributed by atoms with Gasteiger partial charge in [0.25, 0.3) is 5.91 Å². The lowest BCUT2D eigenvalue weighted by molar-refractivity contribution is -0.132. The van der Waals surface area contributed by atoms with Crippen LogP contribution in [-0.4, -0.2) is 30.5 Å². The predicted molar refractivity (Wildman–Crippen MR) is 75.4 cm³/mol. The summed E-state index contributed by atoms with van der Waals surface area (Å²) in [6, 6.07) is 5.34. The highest BCUT2D eigenvalue weighted by atomic mass is 35.5. The van der Waals surface area contributed by atoms with E-state index in [4.69, 9.17) is 22.1 Å². The van der Waals surface area contributed by atoms with Crippen molar-refractivity contribution < 1.29 is 9.53 Å². The van der Waals surface area contributed by atoms with Crippen molar-refractivity contribution in [3.05, 3.63) is 28.8 Å². The number of ether oxygens (including phenoxy) is 1. The molecule has 104 valence electrons. The van der Waals surface area contributed by atoms with Crippen molar-refractivity contribution in [3.63, 3.8) is 0 Å². The molecule has 1 unspecified atom stereocenters. The SMILES string of the molecule is CC(N)c1ccc(OCC(=O)N2CCCC2)c(Cl)c1. The van der Waals surface area contributed by atoms with Crippen LogP contribution in [0.15, 0.2) is 18.2 Å². The molecule has 1 saturated heterocycles. The van der Waals surface area contributed by atoms with Gasteiger partial charge in [-0.05, 0) is 37.5 Å². The number of nitrogens with two attached hydrogens (primary N) is 1. The van der Waals surface area contributed by atoms with Crippen LogP contribution in [0.4, 0.5) is 0 Å². The van der Waals surface area contributed by atoms with Crippen molar-refractivity contribution in [1.29, 1.82) is 0 Å². The Hall–Kier alpha value is -1.26. The average Bonchev–Trinajstić information content (AvgIpc) is 2.90. The zero-order valence-corrected chi connectivity index (χ0v) is 11.8. The molecule has 1 fully saturated rings. The first-order valence-electron chi connectivity index (χ1n) is 6.53. The Morgan fingerprint density at radius 3 is 2.74 bits per heavy atom. The quantitative estimate of drug-likeness (QED) is 0.922. The number of rotatable bonds is 4. The van der Waals surface area contributed by atoms with Crippen LogP contribution in [-0.2, 0) is 4.79 Å². The van der Waals surface area contributed by atoms with Gasteiger partial charge in [-0.15, -0.1) is 0 Å². The van der Waals surface area contributed by atoms with Crippen LogP contribution in [0.25, 0.3) is 0 Å². The molecular formula is C14H19ClN2O2. The third-order valence-corrected chi connectivity index (χ3v) is 3.59. The molecule has 1 heterocycles. The molecule has 1 aliphatic heterocycles. The molecule has 0 saturated carbocycles. The Labute approximate surface area is 118 Å². The number of halogens is 1. The van der Waals surface area contributed by atoms with E-state index >= 15 is 0 Å². The van der Waals surface area contributed by atoms with E-state index in [0.717, 1.165) is 31.5 Å². The number of nitrogens with zero attached hydrogens (tertiary/aromatic N) is 1. The van der Waals surface area contributed by atoms with Crippen LogP contribution in [0.3, 0.4) is 0 Å². The number of benzene rings is 1. The molecule has 1 aliphatic rings. The summed E-state index contributed by atoms with van der Waals surface area (Å²) in [4.78, 5) is 13.7. The monoisotopic (exact) mass is 282 g/mol. The van der Waals surface area contributed by atoms with Gasteiger partial charge in [-0.2, -0.15) is 0 Å². The molecule has 1 amide bonds. The van der Waals surface area contributed by atoms with Crippen LogP contribution in [0.1, 0.15) is 31.4 Å². The minimum Gasteiger partial charge on any atom is -0.482 e. The Bertz CT molecular complexity index is 457. The van der Waals surface area contributed by atoms with Crippen LogP contribution in [0.5, 0.6) is 5.75 Å². The number of likely N-dealkylation sites (tertiary alicyclic amines) is 1. The predicted octanol–water partition coefficient (Wildman–Crippen LogP) is 2.36. The van der Waals surface area contributed by atoms with E-state index < -0.39 is 0 Å². The second-order valence-corrected chi connectivity index (χ2v) is 5.26. The Kier molecular flexibility index (Phi) is 4.66. The summed E-state index contributed by atoms with van der Waals surface area (Å²) in [5.41, 5.74) is 6.72. The summed E-state index contributed by atoms with van der Waals surface area (Å²) in [6.45, 7) is 3.60. The van der Waals surface area contributed by atoms with Crippen molar-refractivity contribution in [3.8, 4) is 5.75 Å². The van der Waals surface area contributed by atoms with Crippen LogP contribution in [0.2, 0.25) is 5.02 Å². The van der Waals surface area contributed by atoms with Crippen molar-refractivity contribution in [2.24, 2.45) is 5.73 Å². The molecule has 1 aromatic carbocycles. The van der Waals surface area contributed by atoms with Crippen molar-refractivity contribution in [2.75, 3.05) is 19.7 Å². The number of amides is 1. The average molecular weight is 283 g/mol. The summed E-state index contributed by atoms with van der Waals surface area (Å²) >= 11 is 6.11. The fourth-order valence-corrected chi connectivity index (χ4v) is 2.36. The fraction of sp³-hybridized carbons (Fsp3) is 0.500. The molecule has 5 heteroatoms. The third-order valence-electron chi connectivity index (χ3n) is 3.29. The first kappa shape index (κ1) is 14.2. The highest BCUT2D eigenvalue weighted by molar-refractivity contribution is 6.32. The maximum Gasteiger partial charge on any atom is 0.260 e. The maximum atomic E-state index is 11.8. The lowest BCUT2D eigenvalue weighted by Gasteiger charge is -2.16. The summed E-state index contributed by atoms with van der Waals surface area (Å²) < 4.78 is 5.48. The summed E-state index contributed by atoms with van der Waals surface area (Å²) in [5, 5.41) is 0.490. The summed E-state index contributed by atoms with van der Waals surface area (Å²) in [7, 11) is 0. The van der Waals surface area contributed by atoms with E-state index in [1.165, 1.54) is 0 Å². The van der Waals surface area contributed by atoms with E-state index in [2.05, 4.69) is 0 Å². The smallest absolute Gasteiger partial charge is 0.260 e. The van der Waals surface area contributed by atoms with E-state index in [9.17, 15) is 4.79 Å². The Morgan fingerprint density at radius 1 is 1.47 bits per heavy atom. The first-order valence-corrected chi connectivity index (χ1v) is 6.91. The van der Waals surface area contributed by atoms with E-state index in [-0.39, 0.29) is 18.6 Å². The number of hydrogen-bond acceptors (Lipinski definition) is 3.